The Bertz CT molecular complexity index is 956. The van der Waals surface area contributed by atoms with Crippen molar-refractivity contribution in [3.63, 3.8) is 0 Å². The Morgan fingerprint density at radius 2 is 1.66 bits per heavy atom. The molecule has 2 aromatic rings. The molecule has 156 valence electrons. The Kier molecular flexibility index (Phi) is 6.94. The zero-order valence-corrected chi connectivity index (χ0v) is 18.1. The van der Waals surface area contributed by atoms with Crippen molar-refractivity contribution in [2.45, 2.75) is 24.2 Å². The van der Waals surface area contributed by atoms with Gasteiger partial charge in [0.2, 0.25) is 10.0 Å². The molecule has 0 saturated carbocycles. The lowest BCUT2D eigenvalue weighted by atomic mass is 10.2. The van der Waals surface area contributed by atoms with Crippen LogP contribution in [0.15, 0.2) is 47.4 Å². The number of sulfonamides is 1. The second-order valence-corrected chi connectivity index (χ2v) is 8.98. The minimum absolute atomic E-state index is 0.218. The molecule has 0 aromatic heterocycles. The van der Waals surface area contributed by atoms with Gasteiger partial charge in [0.05, 0.1) is 24.8 Å². The highest BCUT2D eigenvalue weighted by Gasteiger charge is 2.26. The molecule has 0 radical (unpaired) electrons. The number of anilines is 2. The van der Waals surface area contributed by atoms with Gasteiger partial charge in [-0.15, -0.1) is 0 Å². The van der Waals surface area contributed by atoms with Gasteiger partial charge in [0.1, 0.15) is 11.5 Å². The molecule has 0 spiro atoms. The van der Waals surface area contributed by atoms with Gasteiger partial charge < -0.3 is 20.1 Å². The standard InChI is InChI=1S/C20H25N3O4S2/c1-26-16-8-6-15(7-9-16)21-20(28)22-18-11-10-17(14-19(18)27-2)29(24,25)23-12-4-3-5-13-23/h6-11,14H,3-5,12-13H2,1-2H3,(H2,21,22,28). The van der Waals surface area contributed by atoms with Gasteiger partial charge in [-0.2, -0.15) is 4.31 Å². The minimum Gasteiger partial charge on any atom is -0.497 e. The first-order chi connectivity index (χ1) is 13.9. The number of hydrogen-bond acceptors (Lipinski definition) is 5. The summed E-state index contributed by atoms with van der Waals surface area (Å²) in [4.78, 5) is 0.218. The lowest BCUT2D eigenvalue weighted by molar-refractivity contribution is 0.346. The zero-order chi connectivity index (χ0) is 20.9. The van der Waals surface area contributed by atoms with Crippen molar-refractivity contribution in [2.75, 3.05) is 37.9 Å². The van der Waals surface area contributed by atoms with E-state index in [-0.39, 0.29) is 4.90 Å². The predicted molar refractivity (Wildman–Crippen MR) is 118 cm³/mol. The van der Waals surface area contributed by atoms with Crippen LogP contribution in [0.25, 0.3) is 0 Å². The number of hydrogen-bond donors (Lipinski definition) is 2. The highest BCUT2D eigenvalue weighted by atomic mass is 32.2. The van der Waals surface area contributed by atoms with E-state index < -0.39 is 10.0 Å². The molecule has 2 aromatic carbocycles. The number of benzene rings is 2. The van der Waals surface area contributed by atoms with Gasteiger partial charge in [0.15, 0.2) is 5.11 Å². The van der Waals surface area contributed by atoms with Crippen LogP contribution in [0.4, 0.5) is 11.4 Å². The molecule has 29 heavy (non-hydrogen) atoms. The number of nitrogens with one attached hydrogen (secondary N) is 2. The third-order valence-corrected chi connectivity index (χ3v) is 6.82. The van der Waals surface area contributed by atoms with Crippen LogP contribution < -0.4 is 20.1 Å². The Balaban J connectivity index is 1.73. The van der Waals surface area contributed by atoms with Gasteiger partial charge in [-0.25, -0.2) is 8.42 Å². The summed E-state index contributed by atoms with van der Waals surface area (Å²) < 4.78 is 37.8. The Labute approximate surface area is 177 Å². The second-order valence-electron chi connectivity index (χ2n) is 6.63. The quantitative estimate of drug-likeness (QED) is 0.670. The highest BCUT2D eigenvalue weighted by Crippen LogP contribution is 2.30. The first-order valence-corrected chi connectivity index (χ1v) is 11.2. The minimum atomic E-state index is -3.53. The summed E-state index contributed by atoms with van der Waals surface area (Å²) >= 11 is 5.36. The van der Waals surface area contributed by atoms with Gasteiger partial charge in [0.25, 0.3) is 0 Å². The van der Waals surface area contributed by atoms with Crippen LogP contribution >= 0.6 is 12.2 Å². The number of thiocarbonyl (C=S) groups is 1. The van der Waals surface area contributed by atoms with Crippen LogP contribution in [0.5, 0.6) is 11.5 Å². The first-order valence-electron chi connectivity index (χ1n) is 9.34. The molecule has 0 amide bonds. The summed E-state index contributed by atoms with van der Waals surface area (Å²) in [5.74, 6) is 1.16. The fourth-order valence-electron chi connectivity index (χ4n) is 3.15. The molecule has 1 aliphatic heterocycles. The van der Waals surface area contributed by atoms with Crippen LogP contribution in [0.1, 0.15) is 19.3 Å². The van der Waals surface area contributed by atoms with E-state index in [1.807, 2.05) is 24.3 Å². The normalized spacial score (nSPS) is 14.8. The van der Waals surface area contributed by atoms with Crippen molar-refractivity contribution < 1.29 is 17.9 Å². The molecule has 0 unspecified atom stereocenters. The van der Waals surface area contributed by atoms with E-state index >= 15 is 0 Å². The smallest absolute Gasteiger partial charge is 0.243 e. The predicted octanol–water partition coefficient (Wildman–Crippen LogP) is 3.69. The van der Waals surface area contributed by atoms with Gasteiger partial charge in [-0.05, 0) is 61.5 Å². The first kappa shape index (κ1) is 21.4. The Morgan fingerprint density at radius 3 is 2.28 bits per heavy atom. The molecule has 1 saturated heterocycles. The number of piperidine rings is 1. The fourth-order valence-corrected chi connectivity index (χ4v) is 4.91. The lowest BCUT2D eigenvalue weighted by Crippen LogP contribution is -2.35. The van der Waals surface area contributed by atoms with Crippen molar-refractivity contribution in [1.82, 2.24) is 4.31 Å². The molecule has 3 rings (SSSR count). The summed E-state index contributed by atoms with van der Waals surface area (Å²) in [6, 6.07) is 12.1. The molecular weight excluding hydrogens is 410 g/mol. The maximum absolute atomic E-state index is 12.9. The van der Waals surface area contributed by atoms with Crippen LogP contribution in [0.2, 0.25) is 0 Å². The van der Waals surface area contributed by atoms with E-state index in [0.29, 0.717) is 29.6 Å². The van der Waals surface area contributed by atoms with Crippen molar-refractivity contribution in [2.24, 2.45) is 0 Å². The second kappa shape index (κ2) is 9.43. The zero-order valence-electron chi connectivity index (χ0n) is 16.5. The average Bonchev–Trinajstić information content (AvgIpc) is 2.75. The van der Waals surface area contributed by atoms with Crippen molar-refractivity contribution in [3.05, 3.63) is 42.5 Å². The van der Waals surface area contributed by atoms with E-state index in [0.717, 1.165) is 30.7 Å². The van der Waals surface area contributed by atoms with Crippen LogP contribution in [0.3, 0.4) is 0 Å². The molecule has 0 bridgehead atoms. The highest BCUT2D eigenvalue weighted by molar-refractivity contribution is 7.89. The van der Waals surface area contributed by atoms with Crippen LogP contribution in [-0.2, 0) is 10.0 Å². The molecule has 0 aliphatic carbocycles. The Morgan fingerprint density at radius 1 is 0.966 bits per heavy atom. The number of methoxy groups -OCH3 is 2. The topological polar surface area (TPSA) is 79.9 Å². The number of rotatable bonds is 6. The summed E-state index contributed by atoms with van der Waals surface area (Å²) in [5, 5.41) is 6.49. The van der Waals surface area contributed by atoms with Gasteiger partial charge in [-0.3, -0.25) is 0 Å². The molecule has 2 N–H and O–H groups in total. The SMILES string of the molecule is COc1ccc(NC(=S)Nc2ccc(S(=O)(=O)N3CCCCC3)cc2OC)cc1. The maximum atomic E-state index is 12.9. The monoisotopic (exact) mass is 435 g/mol. The van der Waals surface area contributed by atoms with E-state index in [1.165, 1.54) is 17.5 Å². The third-order valence-electron chi connectivity index (χ3n) is 4.72. The van der Waals surface area contributed by atoms with E-state index in [4.69, 9.17) is 21.7 Å². The average molecular weight is 436 g/mol. The van der Waals surface area contributed by atoms with Gasteiger partial charge in [0, 0.05) is 24.8 Å². The molecule has 0 atom stereocenters. The summed E-state index contributed by atoms with van der Waals surface area (Å²) in [6.07, 6.45) is 2.85. The lowest BCUT2D eigenvalue weighted by Gasteiger charge is -2.26. The maximum Gasteiger partial charge on any atom is 0.243 e. The number of nitrogens with zero attached hydrogens (tertiary/aromatic N) is 1. The molecule has 1 heterocycles. The summed E-state index contributed by atoms with van der Waals surface area (Å²) in [6.45, 7) is 1.11. The number of ether oxygens (including phenoxy) is 2. The Hall–Kier alpha value is -2.36. The fraction of sp³-hybridized carbons (Fsp3) is 0.350. The summed E-state index contributed by atoms with van der Waals surface area (Å²) in [5.41, 5.74) is 1.38. The molecule has 9 heteroatoms. The third kappa shape index (κ3) is 5.17. The largest absolute Gasteiger partial charge is 0.497 e. The molecule has 1 aliphatic rings. The van der Waals surface area contributed by atoms with E-state index in [2.05, 4.69) is 10.6 Å². The van der Waals surface area contributed by atoms with E-state index in [9.17, 15) is 8.42 Å². The molecule has 1 fully saturated rings. The van der Waals surface area contributed by atoms with E-state index in [1.54, 1.807) is 19.2 Å². The molecular formula is C20H25N3O4S2. The van der Waals surface area contributed by atoms with Crippen LogP contribution in [0, 0.1) is 0 Å². The van der Waals surface area contributed by atoms with Gasteiger partial charge >= 0.3 is 0 Å². The molecule has 7 nitrogen and oxygen atoms in total. The van der Waals surface area contributed by atoms with Crippen molar-refractivity contribution in [3.8, 4) is 11.5 Å². The van der Waals surface area contributed by atoms with Crippen LogP contribution in [-0.4, -0.2) is 45.1 Å². The summed E-state index contributed by atoms with van der Waals surface area (Å²) in [7, 11) is -0.425. The van der Waals surface area contributed by atoms with Gasteiger partial charge in [-0.1, -0.05) is 6.42 Å². The van der Waals surface area contributed by atoms with Crippen molar-refractivity contribution >= 4 is 38.7 Å². The van der Waals surface area contributed by atoms with Crippen molar-refractivity contribution in [1.29, 1.82) is 0 Å².